The van der Waals surface area contributed by atoms with Crippen molar-refractivity contribution in [2.45, 2.75) is 12.8 Å². The first-order valence-corrected chi connectivity index (χ1v) is 7.52. The number of carboxylic acid groups (broad SMARTS) is 1. The normalized spacial score (nSPS) is 19.3. The highest BCUT2D eigenvalue weighted by atomic mass is 19.1. The summed E-state index contributed by atoms with van der Waals surface area (Å²) in [5.74, 6) is -2.02. The summed E-state index contributed by atoms with van der Waals surface area (Å²) >= 11 is 0. The second kappa shape index (κ2) is 5.64. The van der Waals surface area contributed by atoms with Crippen LogP contribution in [0, 0.1) is 11.2 Å². The molecule has 3 rings (SSSR count). The second-order valence-corrected chi connectivity index (χ2v) is 5.98. The molecule has 0 unspecified atom stereocenters. The summed E-state index contributed by atoms with van der Waals surface area (Å²) in [7, 11) is 0. The van der Waals surface area contributed by atoms with Crippen LogP contribution in [0.25, 0.3) is 0 Å². The minimum atomic E-state index is -1.23. The second-order valence-electron chi connectivity index (χ2n) is 5.98. The predicted molar refractivity (Wildman–Crippen MR) is 78.2 cm³/mol. The van der Waals surface area contributed by atoms with Crippen LogP contribution < -0.4 is 0 Å². The average molecular weight is 320 g/mol. The molecule has 0 radical (unpaired) electrons. The SMILES string of the molecule is O=C(c1ccc(F)cc1)N1CCN(C(=O)C2(C(=O)O)CC2)CC1. The summed E-state index contributed by atoms with van der Waals surface area (Å²) in [5, 5.41) is 9.17. The maximum atomic E-state index is 12.9. The molecule has 1 saturated heterocycles. The Morgan fingerprint density at radius 1 is 0.957 bits per heavy atom. The molecular weight excluding hydrogens is 303 g/mol. The van der Waals surface area contributed by atoms with Gasteiger partial charge in [0.15, 0.2) is 0 Å². The molecule has 122 valence electrons. The summed E-state index contributed by atoms with van der Waals surface area (Å²) in [5.41, 5.74) is -0.835. The Balaban J connectivity index is 1.60. The number of benzene rings is 1. The Morgan fingerprint density at radius 3 is 1.96 bits per heavy atom. The highest BCUT2D eigenvalue weighted by Crippen LogP contribution is 2.47. The molecule has 0 bridgehead atoms. The van der Waals surface area contributed by atoms with Crippen molar-refractivity contribution in [1.29, 1.82) is 0 Å². The smallest absolute Gasteiger partial charge is 0.319 e. The van der Waals surface area contributed by atoms with Crippen LogP contribution in [0.15, 0.2) is 24.3 Å². The number of hydrogen-bond donors (Lipinski definition) is 1. The fourth-order valence-electron chi connectivity index (χ4n) is 2.83. The third-order valence-corrected chi connectivity index (χ3v) is 4.51. The highest BCUT2D eigenvalue weighted by molar-refractivity contribution is 6.05. The van der Waals surface area contributed by atoms with E-state index in [1.54, 1.807) is 4.90 Å². The number of carbonyl (C=O) groups excluding carboxylic acids is 2. The largest absolute Gasteiger partial charge is 0.480 e. The van der Waals surface area contributed by atoms with Crippen LogP contribution in [0.3, 0.4) is 0 Å². The van der Waals surface area contributed by atoms with E-state index in [2.05, 4.69) is 0 Å². The van der Waals surface area contributed by atoms with Gasteiger partial charge < -0.3 is 14.9 Å². The fourth-order valence-corrected chi connectivity index (χ4v) is 2.83. The van der Waals surface area contributed by atoms with Gasteiger partial charge in [-0.05, 0) is 37.1 Å². The summed E-state index contributed by atoms with van der Waals surface area (Å²) in [6.07, 6.45) is 0.770. The quantitative estimate of drug-likeness (QED) is 0.842. The third kappa shape index (κ3) is 2.78. The molecule has 1 aromatic rings. The molecule has 6 nitrogen and oxygen atoms in total. The number of aliphatic carboxylic acids is 1. The first kappa shape index (κ1) is 15.5. The van der Waals surface area contributed by atoms with E-state index >= 15 is 0 Å². The lowest BCUT2D eigenvalue weighted by atomic mass is 10.1. The van der Waals surface area contributed by atoms with Crippen molar-refractivity contribution in [1.82, 2.24) is 9.80 Å². The Labute approximate surface area is 132 Å². The number of hydrogen-bond acceptors (Lipinski definition) is 3. The van der Waals surface area contributed by atoms with Crippen LogP contribution >= 0.6 is 0 Å². The topological polar surface area (TPSA) is 77.9 Å². The van der Waals surface area contributed by atoms with Gasteiger partial charge in [-0.15, -0.1) is 0 Å². The highest BCUT2D eigenvalue weighted by Gasteiger charge is 2.58. The Bertz CT molecular complexity index is 647. The van der Waals surface area contributed by atoms with E-state index in [0.717, 1.165) is 0 Å². The fraction of sp³-hybridized carbons (Fsp3) is 0.438. The van der Waals surface area contributed by atoms with Crippen molar-refractivity contribution in [2.75, 3.05) is 26.2 Å². The maximum absolute atomic E-state index is 12.9. The maximum Gasteiger partial charge on any atom is 0.319 e. The molecule has 1 heterocycles. The number of rotatable bonds is 3. The van der Waals surface area contributed by atoms with Crippen molar-refractivity contribution >= 4 is 17.8 Å². The van der Waals surface area contributed by atoms with Gasteiger partial charge in [0.2, 0.25) is 5.91 Å². The first-order chi connectivity index (χ1) is 10.9. The van der Waals surface area contributed by atoms with E-state index < -0.39 is 17.2 Å². The van der Waals surface area contributed by atoms with Gasteiger partial charge in [0.25, 0.3) is 5.91 Å². The van der Waals surface area contributed by atoms with Gasteiger partial charge in [-0.1, -0.05) is 0 Å². The molecule has 0 aromatic heterocycles. The lowest BCUT2D eigenvalue weighted by molar-refractivity contribution is -0.154. The van der Waals surface area contributed by atoms with Crippen LogP contribution in [0.4, 0.5) is 4.39 Å². The van der Waals surface area contributed by atoms with Gasteiger partial charge in [-0.3, -0.25) is 14.4 Å². The Morgan fingerprint density at radius 2 is 1.48 bits per heavy atom. The first-order valence-electron chi connectivity index (χ1n) is 7.52. The standard InChI is InChI=1S/C16H17FN2O4/c17-12-3-1-11(2-4-12)13(20)18-7-9-19(10-8-18)14(21)16(5-6-16)15(22)23/h1-4H,5-10H2,(H,22,23). The predicted octanol–water partition coefficient (Wildman–Crippen LogP) is 0.975. The molecule has 23 heavy (non-hydrogen) atoms. The van der Waals surface area contributed by atoms with E-state index in [9.17, 15) is 23.9 Å². The van der Waals surface area contributed by atoms with Gasteiger partial charge in [0.05, 0.1) is 0 Å². The van der Waals surface area contributed by atoms with Crippen molar-refractivity contribution in [3.8, 4) is 0 Å². The van der Waals surface area contributed by atoms with Crippen LogP contribution in [0.5, 0.6) is 0 Å². The van der Waals surface area contributed by atoms with Crippen molar-refractivity contribution < 1.29 is 23.9 Å². The van der Waals surface area contributed by atoms with Crippen LogP contribution in [-0.2, 0) is 9.59 Å². The van der Waals surface area contributed by atoms with E-state index in [4.69, 9.17) is 0 Å². The molecule has 1 N–H and O–H groups in total. The zero-order valence-electron chi connectivity index (χ0n) is 12.5. The lowest BCUT2D eigenvalue weighted by Gasteiger charge is -2.36. The number of halogens is 1. The third-order valence-electron chi connectivity index (χ3n) is 4.51. The summed E-state index contributed by atoms with van der Waals surface area (Å²) in [6.45, 7) is 1.33. The molecule has 1 saturated carbocycles. The molecule has 2 amide bonds. The molecule has 1 aliphatic heterocycles. The van der Waals surface area contributed by atoms with E-state index in [0.29, 0.717) is 44.6 Å². The Kier molecular flexibility index (Phi) is 3.79. The minimum absolute atomic E-state index is 0.212. The van der Waals surface area contributed by atoms with E-state index in [-0.39, 0.29) is 11.8 Å². The van der Waals surface area contributed by atoms with Gasteiger partial charge in [-0.2, -0.15) is 0 Å². The van der Waals surface area contributed by atoms with E-state index in [1.165, 1.54) is 29.2 Å². The Hall–Kier alpha value is -2.44. The number of nitrogens with zero attached hydrogens (tertiary/aromatic N) is 2. The summed E-state index contributed by atoms with van der Waals surface area (Å²) in [6, 6.07) is 5.32. The van der Waals surface area contributed by atoms with Gasteiger partial charge >= 0.3 is 5.97 Å². The molecule has 0 atom stereocenters. The molecule has 1 aliphatic carbocycles. The van der Waals surface area contributed by atoms with Crippen LogP contribution in [0.1, 0.15) is 23.2 Å². The van der Waals surface area contributed by atoms with Crippen molar-refractivity contribution in [2.24, 2.45) is 5.41 Å². The number of carbonyl (C=O) groups is 3. The lowest BCUT2D eigenvalue weighted by Crippen LogP contribution is -2.53. The minimum Gasteiger partial charge on any atom is -0.480 e. The number of carboxylic acids is 1. The molecular formula is C16H17FN2O4. The summed E-state index contributed by atoms with van der Waals surface area (Å²) in [4.78, 5) is 38.9. The molecule has 2 aliphatic rings. The van der Waals surface area contributed by atoms with Crippen molar-refractivity contribution in [3.63, 3.8) is 0 Å². The van der Waals surface area contributed by atoms with Crippen LogP contribution in [-0.4, -0.2) is 58.9 Å². The number of amides is 2. The molecule has 0 spiro atoms. The monoisotopic (exact) mass is 320 g/mol. The average Bonchev–Trinajstić information content (AvgIpc) is 3.36. The summed E-state index contributed by atoms with van der Waals surface area (Å²) < 4.78 is 12.9. The van der Waals surface area contributed by atoms with Gasteiger partial charge in [0, 0.05) is 31.7 Å². The molecule has 7 heteroatoms. The zero-order valence-corrected chi connectivity index (χ0v) is 12.5. The zero-order chi connectivity index (χ0) is 16.6. The van der Waals surface area contributed by atoms with E-state index in [1.807, 2.05) is 0 Å². The van der Waals surface area contributed by atoms with Crippen LogP contribution in [0.2, 0.25) is 0 Å². The van der Waals surface area contributed by atoms with Crippen molar-refractivity contribution in [3.05, 3.63) is 35.6 Å². The van der Waals surface area contributed by atoms with Gasteiger partial charge in [0.1, 0.15) is 11.2 Å². The number of piperazine rings is 1. The molecule has 2 fully saturated rings. The van der Waals surface area contributed by atoms with Gasteiger partial charge in [-0.25, -0.2) is 4.39 Å². The molecule has 1 aromatic carbocycles.